The molecule has 138 heavy (non-hydrogen) atoms. The van der Waals surface area contributed by atoms with Crippen LogP contribution >= 0.6 is 34.2 Å². The third-order valence-electron chi connectivity index (χ3n) is 21.7. The van der Waals surface area contributed by atoms with Gasteiger partial charge in [-0.3, -0.25) is 14.4 Å². The highest BCUT2D eigenvalue weighted by molar-refractivity contribution is 14.1. The average molecular weight is 2070 g/mol. The van der Waals surface area contributed by atoms with Crippen LogP contribution in [-0.4, -0.2) is 322 Å². The van der Waals surface area contributed by atoms with Gasteiger partial charge in [0, 0.05) is 138 Å². The molecular formula is C99H155ClIN15O22. The molecule has 772 valence electrons. The number of benzene rings is 2. The number of nitrogens with one attached hydrogen (secondary N) is 5. The molecule has 15 rings (SSSR count). The number of alkyl carbamates (subject to hydrolysis) is 2. The van der Waals surface area contributed by atoms with Crippen molar-refractivity contribution < 1.29 is 105 Å². The quantitative estimate of drug-likeness (QED) is 0.00989. The number of carbonyl (C=O) groups excluding carboxylic acids is 6. The molecule has 37 nitrogen and oxygen atoms in total. The lowest BCUT2D eigenvalue weighted by molar-refractivity contribution is -0.127. The third-order valence-corrected chi connectivity index (χ3v) is 23.3. The number of ketones is 1. The van der Waals surface area contributed by atoms with E-state index in [1.54, 1.807) is 83.1 Å². The fourth-order valence-electron chi connectivity index (χ4n) is 14.1. The van der Waals surface area contributed by atoms with E-state index in [0.717, 1.165) is 133 Å². The van der Waals surface area contributed by atoms with Crippen LogP contribution in [0.25, 0.3) is 44.6 Å². The number of hydrogen-bond acceptors (Lipinski definition) is 32. The summed E-state index contributed by atoms with van der Waals surface area (Å²) < 4.78 is 81.5. The molecule has 3 unspecified atom stereocenters. The molecule has 9 atom stereocenters. The highest BCUT2D eigenvalue weighted by atomic mass is 127. The molecule has 9 aliphatic heterocycles. The van der Waals surface area contributed by atoms with Gasteiger partial charge in [0.15, 0.2) is 17.1 Å². The Morgan fingerprint density at radius 1 is 0.587 bits per heavy atom. The van der Waals surface area contributed by atoms with Gasteiger partial charge in [-0.1, -0.05) is 67.3 Å². The Bertz CT molecular complexity index is 4670. The fourth-order valence-corrected chi connectivity index (χ4v) is 15.1. The van der Waals surface area contributed by atoms with Crippen LogP contribution < -0.4 is 43.0 Å². The molecule has 13 heterocycles. The average Bonchev–Trinajstić information content (AvgIpc) is 1.19. The van der Waals surface area contributed by atoms with Crippen molar-refractivity contribution in [1.82, 2.24) is 61.4 Å². The number of aliphatic hydroxyl groups is 1. The monoisotopic (exact) mass is 2070 g/mol. The summed E-state index contributed by atoms with van der Waals surface area (Å²) in [6.07, 6.45) is 6.45. The molecule has 0 saturated carbocycles. The Morgan fingerprint density at radius 3 is 1.47 bits per heavy atom. The zero-order valence-electron chi connectivity index (χ0n) is 84.9. The van der Waals surface area contributed by atoms with Gasteiger partial charge >= 0.3 is 18.3 Å². The van der Waals surface area contributed by atoms with Crippen molar-refractivity contribution >= 4 is 110 Å². The minimum Gasteiger partial charge on any atom is -0.444 e. The van der Waals surface area contributed by atoms with E-state index in [-0.39, 0.29) is 88.0 Å². The number of nitrogens with two attached hydrogens (primary N) is 2. The van der Waals surface area contributed by atoms with E-state index < -0.39 is 29.0 Å². The second-order valence-corrected chi connectivity index (χ2v) is 38.9. The standard InChI is InChI=1S/C23H26N6O3.C15H12ClN5O.C13H24INO4.C13H23NO4.C8H17NO3.C8H15NO2.C5H8O.2C5H12O.C4H6O2/c1-14-11-32-23(8-9-31-13-23)12-29(14)22-27-19(24)17-6-7-18(26-20(17)28-22)15-4-3-5-16(10-15)21(30)25-2;1-18-14(22)9-4-2-3-8(7-9)11-6-5-10-12(17)20-15(16)21-13(10)19-11;1-10(15-11(16)19-12(2,3)4)7-18-13(8-14)5-6-17-9-13;1-10-7-17-13(5-6-16-9-13)8-14(10)11(15)18-12(2,3)4;1-6(5-10)9-7(11)12-8(2,3)4;1-7-4-11-8(5-9-7)2-3-10-6-8;1-5-2-3-6-4-5;2*1-3-5-6-4-2;5-4-1-2-6-3-4/h3-7,10,14H,8-9,11-13H2,1-2H3,(H,25,30)(H2,24,26,27,28);2-7H,1H3,(H,18,22)(H2,17,19,20,21);10H,5-9H2,1-4H3,(H,15,16);10H,5-9H2,1-4H3;6,10H,5H2,1-4H3,(H,9,11);7,9H,2-6H2,1H3;1-4H2;2*3-5H2,1-2H3;1-3H2/t14-,23+;;2*10-,13?;6-;7-,8?;;;;/m0.0000..../s1. The SMILES string of the molecule is C=C1CCOC1.CCCOCC.CCCOCC.CNC(=O)c1cccc(-c2ccc3c(N)nc(Cl)nc3n2)c1.CNC(=O)c1cccc(-c2ccc3c(N)nc(N4C[C@@]5(CCOC5)OC[C@@H]4C)nc3n2)c1.C[C@@H](CO)NC(=O)OC(C)(C)C.C[C@@H](COC1(CI)CCOC1)NC(=O)OC(C)(C)C.C[C@H]1COC2(CCOC2)CN1.C[C@H]1COC2(CCOC2)CN1C(=O)OC(C)(C)C.O=C1CCOC1. The second kappa shape index (κ2) is 58.7. The molecule has 6 aromatic rings. The third kappa shape index (κ3) is 41.5. The van der Waals surface area contributed by atoms with Gasteiger partial charge in [0.05, 0.1) is 139 Å². The van der Waals surface area contributed by atoms with Crippen molar-refractivity contribution in [2.45, 2.75) is 245 Å². The number of amides is 5. The number of alkyl halides is 1. The number of nitrogen functional groups attached to an aromatic ring is 2. The van der Waals surface area contributed by atoms with Gasteiger partial charge < -0.3 is 124 Å². The zero-order chi connectivity index (χ0) is 102. The summed E-state index contributed by atoms with van der Waals surface area (Å²) in [6.45, 7) is 54.5. The van der Waals surface area contributed by atoms with Gasteiger partial charge in [0.1, 0.15) is 57.4 Å². The molecule has 2 aromatic carbocycles. The molecule has 0 aliphatic carbocycles. The summed E-state index contributed by atoms with van der Waals surface area (Å²) >= 11 is 8.13. The highest BCUT2D eigenvalue weighted by Crippen LogP contribution is 2.36. The first-order valence-electron chi connectivity index (χ1n) is 47.6. The van der Waals surface area contributed by atoms with E-state index in [1.165, 1.54) is 5.57 Å². The summed E-state index contributed by atoms with van der Waals surface area (Å²) in [6, 6.07) is 22.1. The van der Waals surface area contributed by atoms with Gasteiger partial charge in [-0.05, 0) is 196 Å². The number of hydrogen-bond donors (Lipinski definition) is 8. The van der Waals surface area contributed by atoms with E-state index in [9.17, 15) is 28.8 Å². The Balaban J connectivity index is 0.000000248. The van der Waals surface area contributed by atoms with E-state index in [2.05, 4.69) is 108 Å². The minimum absolute atomic E-state index is 0.0203. The number of carbonyl (C=O) groups is 6. The number of nitrogens with zero attached hydrogens (tertiary/aromatic N) is 8. The Hall–Kier alpha value is -8.56. The number of fused-ring (bicyclic) bond motifs is 2. The Kier molecular flexibility index (Phi) is 50.3. The number of pyridine rings is 2. The van der Waals surface area contributed by atoms with Crippen molar-refractivity contribution in [3.63, 3.8) is 0 Å². The minimum atomic E-state index is -0.496. The first-order valence-corrected chi connectivity index (χ1v) is 49.5. The van der Waals surface area contributed by atoms with E-state index in [4.69, 9.17) is 109 Å². The highest BCUT2D eigenvalue weighted by Gasteiger charge is 2.47. The van der Waals surface area contributed by atoms with Crippen molar-refractivity contribution in [2.24, 2.45) is 0 Å². The zero-order valence-corrected chi connectivity index (χ0v) is 87.8. The summed E-state index contributed by atoms with van der Waals surface area (Å²) in [5.74, 6) is 1.15. The Labute approximate surface area is 833 Å². The maximum atomic E-state index is 12.2. The van der Waals surface area contributed by atoms with Gasteiger partial charge in [0.2, 0.25) is 11.2 Å². The van der Waals surface area contributed by atoms with Crippen molar-refractivity contribution in [3.8, 4) is 22.5 Å². The van der Waals surface area contributed by atoms with Gasteiger partial charge in [0.25, 0.3) is 11.8 Å². The van der Waals surface area contributed by atoms with Crippen LogP contribution in [0.3, 0.4) is 0 Å². The largest absolute Gasteiger partial charge is 0.444 e. The number of Topliss-reactive ketones (excluding diaryl/α,β-unsaturated/α-hetero) is 1. The van der Waals surface area contributed by atoms with Crippen LogP contribution in [0.4, 0.5) is 32.0 Å². The number of morpholine rings is 3. The number of aromatic nitrogens is 6. The molecule has 9 saturated heterocycles. The molecular weight excluding hydrogens is 1910 g/mol. The second-order valence-electron chi connectivity index (χ2n) is 37.8. The van der Waals surface area contributed by atoms with Crippen molar-refractivity contribution in [1.29, 1.82) is 0 Å². The van der Waals surface area contributed by atoms with Crippen molar-refractivity contribution in [2.75, 3.05) is 193 Å². The maximum Gasteiger partial charge on any atom is 0.410 e. The smallest absolute Gasteiger partial charge is 0.410 e. The first-order chi connectivity index (χ1) is 65.4. The normalized spacial score (nSPS) is 22.3. The van der Waals surface area contributed by atoms with Gasteiger partial charge in [-0.25, -0.2) is 29.3 Å². The van der Waals surface area contributed by atoms with Crippen LogP contribution in [0.2, 0.25) is 5.28 Å². The molecule has 3 spiro atoms. The number of aliphatic hydroxyl groups excluding tert-OH is 1. The molecule has 39 heteroatoms. The molecule has 9 aliphatic rings. The molecule has 5 amide bonds. The molecule has 4 aromatic heterocycles. The lowest BCUT2D eigenvalue weighted by atomic mass is 9.99. The number of rotatable bonds is 18. The molecule has 0 radical (unpaired) electrons. The van der Waals surface area contributed by atoms with Crippen LogP contribution in [0, 0.1) is 0 Å². The van der Waals surface area contributed by atoms with Gasteiger partial charge in [-0.2, -0.15) is 15.0 Å². The summed E-state index contributed by atoms with van der Waals surface area (Å²) in [4.78, 5) is 99.0. The van der Waals surface area contributed by atoms with Crippen LogP contribution in [0.15, 0.2) is 84.9 Å². The predicted octanol–water partition coefficient (Wildman–Crippen LogP) is 13.5. The lowest BCUT2D eigenvalue weighted by Gasteiger charge is -2.43. The molecule has 10 N–H and O–H groups in total. The summed E-state index contributed by atoms with van der Waals surface area (Å²) in [5.41, 5.74) is 16.2. The lowest BCUT2D eigenvalue weighted by Crippen LogP contribution is -2.58. The number of halogens is 2. The Morgan fingerprint density at radius 2 is 1.07 bits per heavy atom. The number of anilines is 3. The fraction of sp³-hybridized carbons (Fsp3) is 0.657. The van der Waals surface area contributed by atoms with Crippen LogP contribution in [0.5, 0.6) is 0 Å². The first kappa shape index (κ1) is 118. The predicted molar refractivity (Wildman–Crippen MR) is 542 cm³/mol. The van der Waals surface area contributed by atoms with E-state index >= 15 is 0 Å². The summed E-state index contributed by atoms with van der Waals surface area (Å²) in [7, 11) is 3.20. The molecule has 0 bridgehead atoms. The summed E-state index contributed by atoms with van der Waals surface area (Å²) in [5, 5.41) is 23.9. The maximum absolute atomic E-state index is 12.2. The number of ether oxygens (including phenoxy) is 15. The van der Waals surface area contributed by atoms with Crippen molar-refractivity contribution in [3.05, 3.63) is 101 Å². The van der Waals surface area contributed by atoms with Crippen LogP contribution in [-0.2, 0) is 75.8 Å². The van der Waals surface area contributed by atoms with Gasteiger partial charge in [-0.15, -0.1) is 0 Å². The van der Waals surface area contributed by atoms with E-state index in [0.29, 0.717) is 148 Å². The molecule has 9 fully saturated rings. The van der Waals surface area contributed by atoms with Crippen LogP contribution in [0.1, 0.15) is 197 Å². The van der Waals surface area contributed by atoms with E-state index in [1.807, 2.05) is 106 Å². The topological polar surface area (TPSA) is 457 Å².